The highest BCUT2D eigenvalue weighted by Crippen LogP contribution is 2.45. The summed E-state index contributed by atoms with van der Waals surface area (Å²) in [5.74, 6) is 0.972. The van der Waals surface area contributed by atoms with E-state index in [1.54, 1.807) is 40.1 Å². The number of hydrogen-bond acceptors (Lipinski definition) is 8. The van der Waals surface area contributed by atoms with Crippen LogP contribution in [0.15, 0.2) is 60.7 Å². The Morgan fingerprint density at radius 1 is 0.618 bits per heavy atom. The molecule has 0 aliphatic heterocycles. The molecule has 4 nitrogen and oxygen atoms in total. The lowest BCUT2D eigenvalue weighted by molar-refractivity contribution is 0.217. The van der Waals surface area contributed by atoms with Gasteiger partial charge in [-0.05, 0) is 89.8 Å². The Morgan fingerprint density at radius 3 is 1.35 bits per heavy atom. The molecule has 0 spiro atoms. The number of benzene rings is 2. The van der Waals surface area contributed by atoms with Gasteiger partial charge in [-0.1, -0.05) is 74.5 Å². The van der Waals surface area contributed by atoms with Crippen molar-refractivity contribution < 1.29 is 17.7 Å². The maximum Gasteiger partial charge on any atom is 0.401 e. The van der Waals surface area contributed by atoms with Crippen molar-refractivity contribution in [3.63, 3.8) is 0 Å². The van der Waals surface area contributed by atoms with E-state index in [9.17, 15) is 0 Å². The van der Waals surface area contributed by atoms with Crippen molar-refractivity contribution in [1.29, 1.82) is 0 Å². The van der Waals surface area contributed by atoms with Gasteiger partial charge in [0.05, 0.1) is 0 Å². The maximum atomic E-state index is 6.15. The quantitative estimate of drug-likeness (QED) is 0.0965. The number of rotatable bonds is 19. The zero-order chi connectivity index (χ0) is 24.4. The second-order valence-corrected chi connectivity index (χ2v) is 21.1. The molecule has 0 amide bonds. The van der Waals surface area contributed by atoms with Crippen molar-refractivity contribution in [1.82, 2.24) is 0 Å². The van der Waals surface area contributed by atoms with Gasteiger partial charge in [-0.25, -0.2) is 0 Å². The van der Waals surface area contributed by atoms with Crippen molar-refractivity contribution in [2.45, 2.75) is 52.4 Å². The Bertz CT molecular complexity index is 685. The molecular formula is C24H38O4S4Si2. The molecule has 4 unspecified atom stereocenters. The summed E-state index contributed by atoms with van der Waals surface area (Å²) in [5.41, 5.74) is 2.72. The molecule has 190 valence electrons. The SMILES string of the molecule is CCO[SiH](OCCC(C)c1ccccc1)SSSS[SiH](OCC)OCCC(C)c1ccccc1. The summed E-state index contributed by atoms with van der Waals surface area (Å²) in [5, 5.41) is 0. The van der Waals surface area contributed by atoms with Crippen LogP contribution in [0.5, 0.6) is 0 Å². The summed E-state index contributed by atoms with van der Waals surface area (Å²) in [6, 6.07) is 21.2. The second kappa shape index (κ2) is 19.3. The predicted molar refractivity (Wildman–Crippen MR) is 159 cm³/mol. The fraction of sp³-hybridized carbons (Fsp3) is 0.500. The van der Waals surface area contributed by atoms with E-state index in [0.717, 1.165) is 26.1 Å². The highest BCUT2D eigenvalue weighted by Gasteiger charge is 2.19. The summed E-state index contributed by atoms with van der Waals surface area (Å²) in [6.45, 7) is 11.4. The molecule has 0 heterocycles. The van der Waals surface area contributed by atoms with E-state index in [4.69, 9.17) is 17.7 Å². The van der Waals surface area contributed by atoms with Gasteiger partial charge in [0.25, 0.3) is 0 Å². The van der Waals surface area contributed by atoms with Crippen LogP contribution in [0.1, 0.15) is 63.5 Å². The molecule has 4 atom stereocenters. The van der Waals surface area contributed by atoms with Crippen molar-refractivity contribution in [3.8, 4) is 0 Å². The van der Waals surface area contributed by atoms with Crippen molar-refractivity contribution >= 4 is 57.0 Å². The molecule has 0 radical (unpaired) electrons. The third kappa shape index (κ3) is 12.9. The Balaban J connectivity index is 1.63. The summed E-state index contributed by atoms with van der Waals surface area (Å²) in [6.07, 6.45) is 2.00. The lowest BCUT2D eigenvalue weighted by Gasteiger charge is -2.18. The molecule has 2 aromatic carbocycles. The van der Waals surface area contributed by atoms with E-state index in [1.807, 2.05) is 13.8 Å². The van der Waals surface area contributed by atoms with Gasteiger partial charge >= 0.3 is 16.9 Å². The largest absolute Gasteiger partial charge is 0.401 e. The maximum absolute atomic E-state index is 6.15. The Labute approximate surface area is 224 Å². The van der Waals surface area contributed by atoms with Crippen LogP contribution in [-0.2, 0) is 17.7 Å². The van der Waals surface area contributed by atoms with Gasteiger partial charge in [0, 0.05) is 26.4 Å². The van der Waals surface area contributed by atoms with Crippen LogP contribution in [0.2, 0.25) is 0 Å². The minimum atomic E-state index is -1.76. The molecule has 0 saturated heterocycles. The van der Waals surface area contributed by atoms with Gasteiger partial charge in [0.1, 0.15) is 0 Å². The normalized spacial score (nSPS) is 15.1. The molecule has 0 fully saturated rings. The number of hydrogen-bond donors (Lipinski definition) is 0. The molecule has 2 rings (SSSR count). The lowest BCUT2D eigenvalue weighted by Crippen LogP contribution is -2.20. The summed E-state index contributed by atoms with van der Waals surface area (Å²) >= 11 is 0. The van der Waals surface area contributed by atoms with E-state index in [0.29, 0.717) is 25.0 Å². The molecule has 0 aliphatic carbocycles. The van der Waals surface area contributed by atoms with Crippen LogP contribution in [0, 0.1) is 0 Å². The van der Waals surface area contributed by atoms with Gasteiger partial charge in [0.15, 0.2) is 0 Å². The van der Waals surface area contributed by atoms with Gasteiger partial charge in [-0.2, -0.15) is 0 Å². The van der Waals surface area contributed by atoms with E-state index >= 15 is 0 Å². The standard InChI is InChI=1S/C24H38O4S4Si2/c1-5-25-33(27-19-17-21(3)23-13-9-7-10-14-23)31-29-30-32-34(26-6-2)28-20-18-22(4)24-15-11-8-12-16-24/h7-16,21-22,33-34H,5-6,17-20H2,1-4H3. The fourth-order valence-corrected chi connectivity index (χ4v) is 21.7. The lowest BCUT2D eigenvalue weighted by atomic mass is 9.99. The van der Waals surface area contributed by atoms with Crippen LogP contribution < -0.4 is 0 Å². The molecule has 10 heteroatoms. The molecular weight excluding hydrogens is 537 g/mol. The molecule has 2 aromatic rings. The highest BCUT2D eigenvalue weighted by atomic mass is 33.7. The average molecular weight is 575 g/mol. The van der Waals surface area contributed by atoms with Gasteiger partial charge in [-0.3, -0.25) is 0 Å². The summed E-state index contributed by atoms with van der Waals surface area (Å²) < 4.78 is 24.1. The van der Waals surface area contributed by atoms with Crippen molar-refractivity contribution in [2.75, 3.05) is 26.4 Å². The van der Waals surface area contributed by atoms with Crippen molar-refractivity contribution in [3.05, 3.63) is 71.8 Å². The van der Waals surface area contributed by atoms with Gasteiger partial charge in [-0.15, -0.1) is 0 Å². The Hall–Kier alpha value is 0.114. The smallest absolute Gasteiger partial charge is 0.389 e. The summed E-state index contributed by atoms with van der Waals surface area (Å²) in [7, 11) is 3.43. The first-order valence-electron chi connectivity index (χ1n) is 11.9. The van der Waals surface area contributed by atoms with Crippen molar-refractivity contribution in [2.24, 2.45) is 0 Å². The Morgan fingerprint density at radius 2 is 1.00 bits per heavy atom. The van der Waals surface area contributed by atoms with Crippen LogP contribution in [0.4, 0.5) is 0 Å². The zero-order valence-corrected chi connectivity index (χ0v) is 26.2. The molecule has 0 aliphatic rings. The first-order chi connectivity index (χ1) is 16.6. The van der Waals surface area contributed by atoms with Gasteiger partial charge in [0.2, 0.25) is 0 Å². The molecule has 34 heavy (non-hydrogen) atoms. The van der Waals surface area contributed by atoms with E-state index < -0.39 is 16.9 Å². The second-order valence-electron chi connectivity index (χ2n) is 7.76. The fourth-order valence-electron chi connectivity index (χ4n) is 3.15. The molecule has 0 aromatic heterocycles. The van der Waals surface area contributed by atoms with Crippen LogP contribution in [0.3, 0.4) is 0 Å². The predicted octanol–water partition coefficient (Wildman–Crippen LogP) is 7.59. The van der Waals surface area contributed by atoms with E-state index in [2.05, 4.69) is 74.5 Å². The van der Waals surface area contributed by atoms with Crippen LogP contribution >= 0.6 is 40.1 Å². The topological polar surface area (TPSA) is 36.9 Å². The third-order valence-electron chi connectivity index (χ3n) is 5.22. The minimum Gasteiger partial charge on any atom is -0.389 e. The molecule has 0 saturated carbocycles. The molecule has 0 bridgehead atoms. The van der Waals surface area contributed by atoms with E-state index in [1.165, 1.54) is 11.1 Å². The molecule has 0 N–H and O–H groups in total. The van der Waals surface area contributed by atoms with Crippen LogP contribution in [-0.4, -0.2) is 43.3 Å². The minimum absolute atomic E-state index is 0.486. The summed E-state index contributed by atoms with van der Waals surface area (Å²) in [4.78, 5) is 0. The zero-order valence-electron chi connectivity index (χ0n) is 20.6. The van der Waals surface area contributed by atoms with E-state index in [-0.39, 0.29) is 0 Å². The van der Waals surface area contributed by atoms with Gasteiger partial charge < -0.3 is 17.7 Å². The Kier molecular flexibility index (Phi) is 17.2. The first-order valence-corrected chi connectivity index (χ1v) is 21.5. The monoisotopic (exact) mass is 574 g/mol. The first kappa shape index (κ1) is 30.3. The van der Waals surface area contributed by atoms with Crippen LogP contribution in [0.25, 0.3) is 0 Å². The average Bonchev–Trinajstić information content (AvgIpc) is 2.87. The third-order valence-corrected chi connectivity index (χ3v) is 21.7. The highest BCUT2D eigenvalue weighted by molar-refractivity contribution is 9.30.